The lowest BCUT2D eigenvalue weighted by Crippen LogP contribution is -2.41. The standard InChI is InChI=1S/C11H17N3O2/c1-11(2,3)13-7-9(16)14-10-8(15)5-4-6-12-10/h4-6,13,15H,7H2,1-3H3,(H,12,14,16). The Morgan fingerprint density at radius 1 is 1.50 bits per heavy atom. The Labute approximate surface area is 94.9 Å². The molecule has 0 aliphatic heterocycles. The Balaban J connectivity index is 2.50. The van der Waals surface area contributed by atoms with Crippen LogP contribution in [-0.2, 0) is 4.79 Å². The van der Waals surface area contributed by atoms with Crippen molar-refractivity contribution in [2.75, 3.05) is 11.9 Å². The minimum Gasteiger partial charge on any atom is -0.504 e. The fourth-order valence-electron chi connectivity index (χ4n) is 1.01. The summed E-state index contributed by atoms with van der Waals surface area (Å²) in [6.07, 6.45) is 1.51. The van der Waals surface area contributed by atoms with E-state index in [0.29, 0.717) is 0 Å². The summed E-state index contributed by atoms with van der Waals surface area (Å²) in [7, 11) is 0. The number of nitrogens with one attached hydrogen (secondary N) is 2. The molecular weight excluding hydrogens is 206 g/mol. The lowest BCUT2D eigenvalue weighted by molar-refractivity contribution is -0.115. The molecule has 5 heteroatoms. The van der Waals surface area contributed by atoms with E-state index in [4.69, 9.17) is 0 Å². The highest BCUT2D eigenvalue weighted by Gasteiger charge is 2.12. The molecule has 0 aliphatic rings. The average Bonchev–Trinajstić information content (AvgIpc) is 2.18. The van der Waals surface area contributed by atoms with Gasteiger partial charge in [-0.05, 0) is 32.9 Å². The van der Waals surface area contributed by atoms with Gasteiger partial charge in [0.2, 0.25) is 5.91 Å². The number of carbonyl (C=O) groups excluding carboxylic acids is 1. The third-order valence-corrected chi connectivity index (χ3v) is 1.82. The van der Waals surface area contributed by atoms with Gasteiger partial charge in [-0.1, -0.05) is 0 Å². The maximum absolute atomic E-state index is 11.5. The first-order valence-electron chi connectivity index (χ1n) is 5.07. The summed E-state index contributed by atoms with van der Waals surface area (Å²) in [5, 5.41) is 14.9. The van der Waals surface area contributed by atoms with Gasteiger partial charge in [0.15, 0.2) is 11.6 Å². The zero-order chi connectivity index (χ0) is 12.2. The highest BCUT2D eigenvalue weighted by molar-refractivity contribution is 5.92. The van der Waals surface area contributed by atoms with E-state index < -0.39 is 0 Å². The molecule has 0 radical (unpaired) electrons. The minimum atomic E-state index is -0.232. The largest absolute Gasteiger partial charge is 0.504 e. The van der Waals surface area contributed by atoms with Gasteiger partial charge in [0, 0.05) is 11.7 Å². The van der Waals surface area contributed by atoms with Gasteiger partial charge in [-0.25, -0.2) is 4.98 Å². The van der Waals surface area contributed by atoms with E-state index in [2.05, 4.69) is 15.6 Å². The maximum atomic E-state index is 11.5. The van der Waals surface area contributed by atoms with Crippen LogP contribution in [0, 0.1) is 0 Å². The van der Waals surface area contributed by atoms with Crippen LogP contribution in [0.15, 0.2) is 18.3 Å². The summed E-state index contributed by atoms with van der Waals surface area (Å²) in [6.45, 7) is 6.09. The highest BCUT2D eigenvalue weighted by atomic mass is 16.3. The Bertz CT molecular complexity index is 372. The summed E-state index contributed by atoms with van der Waals surface area (Å²) in [5.74, 6) is -0.0845. The second-order valence-electron chi connectivity index (χ2n) is 4.52. The quantitative estimate of drug-likeness (QED) is 0.717. The number of nitrogens with zero attached hydrogens (tertiary/aromatic N) is 1. The Hall–Kier alpha value is -1.62. The first-order valence-corrected chi connectivity index (χ1v) is 5.07. The maximum Gasteiger partial charge on any atom is 0.239 e. The fraction of sp³-hybridized carbons (Fsp3) is 0.455. The van der Waals surface area contributed by atoms with Gasteiger partial charge in [0.05, 0.1) is 6.54 Å². The summed E-state index contributed by atoms with van der Waals surface area (Å²) in [4.78, 5) is 15.3. The van der Waals surface area contributed by atoms with Gasteiger partial charge in [0.25, 0.3) is 0 Å². The van der Waals surface area contributed by atoms with Crippen molar-refractivity contribution >= 4 is 11.7 Å². The van der Waals surface area contributed by atoms with Crippen molar-refractivity contribution in [3.8, 4) is 5.75 Å². The number of pyridine rings is 1. The highest BCUT2D eigenvalue weighted by Crippen LogP contribution is 2.17. The van der Waals surface area contributed by atoms with Crippen molar-refractivity contribution in [1.29, 1.82) is 0 Å². The van der Waals surface area contributed by atoms with Crippen LogP contribution in [0.3, 0.4) is 0 Å². The van der Waals surface area contributed by atoms with Gasteiger partial charge in [-0.15, -0.1) is 0 Å². The van der Waals surface area contributed by atoms with E-state index in [1.807, 2.05) is 20.8 Å². The number of amides is 1. The van der Waals surface area contributed by atoms with Crippen LogP contribution >= 0.6 is 0 Å². The van der Waals surface area contributed by atoms with E-state index in [1.165, 1.54) is 12.3 Å². The van der Waals surface area contributed by atoms with Crippen molar-refractivity contribution in [1.82, 2.24) is 10.3 Å². The van der Waals surface area contributed by atoms with Crippen molar-refractivity contribution in [2.45, 2.75) is 26.3 Å². The fourth-order valence-corrected chi connectivity index (χ4v) is 1.01. The van der Waals surface area contributed by atoms with Crippen molar-refractivity contribution < 1.29 is 9.90 Å². The Morgan fingerprint density at radius 3 is 2.75 bits per heavy atom. The number of carbonyl (C=O) groups is 1. The first kappa shape index (κ1) is 12.4. The molecule has 1 rings (SSSR count). The van der Waals surface area contributed by atoms with Crippen LogP contribution in [-0.4, -0.2) is 28.1 Å². The van der Waals surface area contributed by atoms with E-state index >= 15 is 0 Å². The van der Waals surface area contributed by atoms with Crippen LogP contribution in [0.25, 0.3) is 0 Å². The lowest BCUT2D eigenvalue weighted by Gasteiger charge is -2.19. The SMILES string of the molecule is CC(C)(C)NCC(=O)Nc1ncccc1O. The molecule has 1 amide bonds. The third kappa shape index (κ3) is 4.27. The molecule has 0 atom stereocenters. The molecule has 0 saturated heterocycles. The Morgan fingerprint density at radius 2 is 2.19 bits per heavy atom. The van der Waals surface area contributed by atoms with Gasteiger partial charge in [-0.3, -0.25) is 4.79 Å². The van der Waals surface area contributed by atoms with Crippen LogP contribution in [0.2, 0.25) is 0 Å². The molecule has 0 fully saturated rings. The molecular formula is C11H17N3O2. The van der Waals surface area contributed by atoms with Gasteiger partial charge in [-0.2, -0.15) is 0 Å². The molecule has 0 bridgehead atoms. The number of anilines is 1. The van der Waals surface area contributed by atoms with Gasteiger partial charge >= 0.3 is 0 Å². The molecule has 1 aromatic rings. The number of hydrogen-bond donors (Lipinski definition) is 3. The molecule has 3 N–H and O–H groups in total. The minimum absolute atomic E-state index is 0.0355. The molecule has 16 heavy (non-hydrogen) atoms. The van der Waals surface area contributed by atoms with E-state index in [9.17, 15) is 9.90 Å². The molecule has 0 unspecified atom stereocenters. The molecule has 0 aliphatic carbocycles. The van der Waals surface area contributed by atoms with Crippen LogP contribution in [0.1, 0.15) is 20.8 Å². The zero-order valence-corrected chi connectivity index (χ0v) is 9.74. The summed E-state index contributed by atoms with van der Waals surface area (Å²) in [6, 6.07) is 3.07. The first-order chi connectivity index (χ1) is 7.38. The second-order valence-corrected chi connectivity index (χ2v) is 4.52. The monoisotopic (exact) mass is 223 g/mol. The Kier molecular flexibility index (Phi) is 3.84. The normalized spacial score (nSPS) is 11.2. The number of rotatable bonds is 3. The number of aromatic hydroxyl groups is 1. The third-order valence-electron chi connectivity index (χ3n) is 1.82. The zero-order valence-electron chi connectivity index (χ0n) is 9.74. The van der Waals surface area contributed by atoms with Crippen LogP contribution < -0.4 is 10.6 Å². The van der Waals surface area contributed by atoms with E-state index in [1.54, 1.807) is 6.07 Å². The summed E-state index contributed by atoms with van der Waals surface area (Å²) in [5.41, 5.74) is -0.122. The molecule has 1 aromatic heterocycles. The van der Waals surface area contributed by atoms with E-state index in [0.717, 1.165) is 0 Å². The molecule has 0 spiro atoms. The van der Waals surface area contributed by atoms with Crippen LogP contribution in [0.4, 0.5) is 5.82 Å². The van der Waals surface area contributed by atoms with Gasteiger partial charge < -0.3 is 15.7 Å². The van der Waals surface area contributed by atoms with E-state index in [-0.39, 0.29) is 29.6 Å². The number of hydrogen-bond acceptors (Lipinski definition) is 4. The topological polar surface area (TPSA) is 74.2 Å². The molecule has 88 valence electrons. The molecule has 0 aromatic carbocycles. The van der Waals surface area contributed by atoms with Crippen LogP contribution in [0.5, 0.6) is 5.75 Å². The average molecular weight is 223 g/mol. The van der Waals surface area contributed by atoms with Crippen molar-refractivity contribution in [2.24, 2.45) is 0 Å². The molecule has 5 nitrogen and oxygen atoms in total. The predicted octanol–water partition coefficient (Wildman–Crippen LogP) is 1.11. The number of aromatic nitrogens is 1. The van der Waals surface area contributed by atoms with Gasteiger partial charge in [0.1, 0.15) is 0 Å². The lowest BCUT2D eigenvalue weighted by atomic mass is 10.1. The second kappa shape index (κ2) is 4.94. The smallest absolute Gasteiger partial charge is 0.239 e. The summed E-state index contributed by atoms with van der Waals surface area (Å²) >= 11 is 0. The molecule has 1 heterocycles. The van der Waals surface area contributed by atoms with Crippen molar-refractivity contribution in [3.63, 3.8) is 0 Å². The molecule has 0 saturated carbocycles. The predicted molar refractivity (Wildman–Crippen MR) is 62.3 cm³/mol. The van der Waals surface area contributed by atoms with Crippen molar-refractivity contribution in [3.05, 3.63) is 18.3 Å². The summed E-state index contributed by atoms with van der Waals surface area (Å²) < 4.78 is 0.